The SMILES string of the molecule is Cc1cc(Cl)cc2c1C(N[SH](=O)=O)CC2. The zero-order chi connectivity index (χ0) is 11.0. The molecule has 0 spiro atoms. The van der Waals surface area contributed by atoms with Gasteiger partial charge in [0.05, 0.1) is 0 Å². The molecule has 0 aliphatic heterocycles. The number of hydrogen-bond donors (Lipinski definition) is 2. The average Bonchev–Trinajstić information content (AvgIpc) is 2.46. The fourth-order valence-electron chi connectivity index (χ4n) is 2.23. The number of hydrogen-bond acceptors (Lipinski definition) is 2. The Morgan fingerprint density at radius 2 is 2.20 bits per heavy atom. The third-order valence-electron chi connectivity index (χ3n) is 2.75. The van der Waals surface area contributed by atoms with E-state index in [0.717, 1.165) is 34.6 Å². The number of thiol groups is 1. The van der Waals surface area contributed by atoms with Gasteiger partial charge in [-0.1, -0.05) is 11.6 Å². The van der Waals surface area contributed by atoms with Crippen LogP contribution in [0.4, 0.5) is 0 Å². The Balaban J connectivity index is 2.41. The molecule has 0 fully saturated rings. The van der Waals surface area contributed by atoms with Gasteiger partial charge in [0.25, 0.3) is 0 Å². The molecule has 1 aliphatic rings. The molecule has 3 nitrogen and oxygen atoms in total. The molecule has 1 aromatic rings. The van der Waals surface area contributed by atoms with Gasteiger partial charge in [-0.3, -0.25) is 0 Å². The molecule has 1 atom stereocenters. The van der Waals surface area contributed by atoms with E-state index in [9.17, 15) is 8.42 Å². The lowest BCUT2D eigenvalue weighted by atomic mass is 10.0. The standard InChI is InChI=1S/C10H12ClNO2S/c1-6-4-8(11)5-7-2-3-9(10(6)7)12-15(13)14/h4-5,9,15H,2-3H2,1H3,(H,12,13,14). The van der Waals surface area contributed by atoms with Crippen LogP contribution in [0.2, 0.25) is 5.02 Å². The quantitative estimate of drug-likeness (QED) is 0.780. The van der Waals surface area contributed by atoms with Crippen LogP contribution in [-0.2, 0) is 17.3 Å². The normalized spacial score (nSPS) is 19.5. The minimum Gasteiger partial charge on any atom is -0.215 e. The molecule has 1 unspecified atom stereocenters. The van der Waals surface area contributed by atoms with Crippen molar-refractivity contribution in [1.29, 1.82) is 0 Å². The molecule has 82 valence electrons. The van der Waals surface area contributed by atoms with Crippen molar-refractivity contribution in [3.05, 3.63) is 33.8 Å². The summed E-state index contributed by atoms with van der Waals surface area (Å²) in [4.78, 5) is 0. The number of rotatable bonds is 2. The minimum atomic E-state index is -2.54. The highest BCUT2D eigenvalue weighted by atomic mass is 35.5. The van der Waals surface area contributed by atoms with Crippen molar-refractivity contribution in [2.45, 2.75) is 25.8 Å². The first-order valence-electron chi connectivity index (χ1n) is 4.77. The third kappa shape index (κ3) is 2.17. The lowest BCUT2D eigenvalue weighted by Gasteiger charge is -2.12. The maximum absolute atomic E-state index is 10.6. The second-order valence-electron chi connectivity index (χ2n) is 3.77. The molecule has 0 aromatic heterocycles. The minimum absolute atomic E-state index is 0.0709. The summed E-state index contributed by atoms with van der Waals surface area (Å²) < 4.78 is 23.9. The molecule has 0 heterocycles. The van der Waals surface area contributed by atoms with E-state index in [1.807, 2.05) is 19.1 Å². The molecule has 0 amide bonds. The van der Waals surface area contributed by atoms with E-state index in [0.29, 0.717) is 0 Å². The van der Waals surface area contributed by atoms with E-state index in [-0.39, 0.29) is 6.04 Å². The van der Waals surface area contributed by atoms with Crippen LogP contribution < -0.4 is 4.72 Å². The van der Waals surface area contributed by atoms with E-state index >= 15 is 0 Å². The van der Waals surface area contributed by atoms with Crippen LogP contribution in [0.15, 0.2) is 12.1 Å². The molecule has 15 heavy (non-hydrogen) atoms. The fraction of sp³-hybridized carbons (Fsp3) is 0.400. The zero-order valence-electron chi connectivity index (χ0n) is 8.29. The van der Waals surface area contributed by atoms with Crippen LogP contribution in [0.1, 0.15) is 29.2 Å². The van der Waals surface area contributed by atoms with Crippen molar-refractivity contribution in [2.75, 3.05) is 0 Å². The maximum atomic E-state index is 10.6. The van der Waals surface area contributed by atoms with Crippen LogP contribution >= 0.6 is 11.6 Å². The van der Waals surface area contributed by atoms with Crippen molar-refractivity contribution in [2.24, 2.45) is 0 Å². The number of benzene rings is 1. The van der Waals surface area contributed by atoms with Gasteiger partial charge < -0.3 is 0 Å². The highest BCUT2D eigenvalue weighted by Gasteiger charge is 2.24. The van der Waals surface area contributed by atoms with Crippen molar-refractivity contribution in [3.63, 3.8) is 0 Å². The largest absolute Gasteiger partial charge is 0.215 e. The zero-order valence-corrected chi connectivity index (χ0v) is 9.94. The van der Waals surface area contributed by atoms with Gasteiger partial charge in [-0.05, 0) is 48.6 Å². The van der Waals surface area contributed by atoms with Gasteiger partial charge in [0.1, 0.15) is 0 Å². The third-order valence-corrected chi connectivity index (χ3v) is 3.49. The van der Waals surface area contributed by atoms with Crippen LogP contribution in [-0.4, -0.2) is 8.42 Å². The Morgan fingerprint density at radius 3 is 2.87 bits per heavy atom. The highest BCUT2D eigenvalue weighted by molar-refractivity contribution is 7.70. The fourth-order valence-corrected chi connectivity index (χ4v) is 3.04. The average molecular weight is 246 g/mol. The predicted octanol–water partition coefficient (Wildman–Crippen LogP) is 1.75. The summed E-state index contributed by atoms with van der Waals surface area (Å²) in [6.07, 6.45) is 1.71. The predicted molar refractivity (Wildman–Crippen MR) is 60.7 cm³/mol. The summed E-state index contributed by atoms with van der Waals surface area (Å²) in [6, 6.07) is 3.72. The van der Waals surface area contributed by atoms with Gasteiger partial charge in [0, 0.05) is 11.1 Å². The smallest absolute Gasteiger partial charge is 0.201 e. The van der Waals surface area contributed by atoms with Gasteiger partial charge >= 0.3 is 0 Å². The molecule has 1 aromatic carbocycles. The summed E-state index contributed by atoms with van der Waals surface area (Å²) in [5, 5.41) is 0.721. The van der Waals surface area contributed by atoms with Gasteiger partial charge in [-0.25, -0.2) is 13.1 Å². The molecule has 5 heteroatoms. The van der Waals surface area contributed by atoms with Crippen molar-refractivity contribution in [3.8, 4) is 0 Å². The van der Waals surface area contributed by atoms with Crippen molar-refractivity contribution >= 4 is 22.5 Å². The molecule has 2 rings (SSSR count). The van der Waals surface area contributed by atoms with Crippen molar-refractivity contribution in [1.82, 2.24) is 4.72 Å². The number of halogens is 1. The topological polar surface area (TPSA) is 46.2 Å². The second kappa shape index (κ2) is 4.12. The highest BCUT2D eigenvalue weighted by Crippen LogP contribution is 2.35. The van der Waals surface area contributed by atoms with Crippen LogP contribution in [0.5, 0.6) is 0 Å². The van der Waals surface area contributed by atoms with Gasteiger partial charge in [-0.2, -0.15) is 0 Å². The van der Waals surface area contributed by atoms with E-state index in [1.165, 1.54) is 0 Å². The Kier molecular flexibility index (Phi) is 3.00. The van der Waals surface area contributed by atoms with Gasteiger partial charge in [0.2, 0.25) is 10.9 Å². The molecular weight excluding hydrogens is 234 g/mol. The first-order chi connectivity index (χ1) is 7.08. The number of nitrogens with one attached hydrogen (secondary N) is 1. The summed E-state index contributed by atoms with van der Waals surface area (Å²) >= 11 is 5.94. The molecule has 0 radical (unpaired) electrons. The van der Waals surface area contributed by atoms with E-state index in [4.69, 9.17) is 11.6 Å². The Morgan fingerprint density at radius 1 is 1.47 bits per heavy atom. The molecular formula is C10H12ClNO2S. The summed E-state index contributed by atoms with van der Waals surface area (Å²) in [6.45, 7) is 1.96. The Labute approximate surface area is 95.5 Å². The Hall–Kier alpha value is -0.580. The summed E-state index contributed by atoms with van der Waals surface area (Å²) in [5.74, 6) is 0. The molecule has 0 bridgehead atoms. The number of aryl methyl sites for hydroxylation is 2. The van der Waals surface area contributed by atoms with Crippen LogP contribution in [0.25, 0.3) is 0 Å². The molecule has 1 aliphatic carbocycles. The van der Waals surface area contributed by atoms with E-state index < -0.39 is 10.9 Å². The molecule has 0 saturated heterocycles. The van der Waals surface area contributed by atoms with Crippen LogP contribution in [0, 0.1) is 6.92 Å². The molecule has 1 N–H and O–H groups in total. The number of fused-ring (bicyclic) bond motifs is 1. The lowest BCUT2D eigenvalue weighted by Crippen LogP contribution is -2.17. The van der Waals surface area contributed by atoms with Crippen molar-refractivity contribution < 1.29 is 8.42 Å². The van der Waals surface area contributed by atoms with Crippen LogP contribution in [0.3, 0.4) is 0 Å². The molecule has 0 saturated carbocycles. The second-order valence-corrected chi connectivity index (χ2v) is 4.98. The monoisotopic (exact) mass is 245 g/mol. The van der Waals surface area contributed by atoms with Gasteiger partial charge in [0.15, 0.2) is 0 Å². The first kappa shape index (κ1) is 10.9. The van der Waals surface area contributed by atoms with E-state index in [2.05, 4.69) is 4.72 Å². The van der Waals surface area contributed by atoms with E-state index in [1.54, 1.807) is 0 Å². The summed E-state index contributed by atoms with van der Waals surface area (Å²) in [7, 11) is -2.54. The summed E-state index contributed by atoms with van der Waals surface area (Å²) in [5.41, 5.74) is 3.32. The van der Waals surface area contributed by atoms with Gasteiger partial charge in [-0.15, -0.1) is 0 Å². The first-order valence-corrected chi connectivity index (χ1v) is 6.33. The maximum Gasteiger partial charge on any atom is 0.201 e. The Bertz CT molecular complexity index is 463. The lowest BCUT2D eigenvalue weighted by molar-refractivity contribution is 0.573.